The molecule has 1 saturated carbocycles. The Kier molecular flexibility index (Phi) is 7.41. The van der Waals surface area contributed by atoms with Gasteiger partial charge in [0.15, 0.2) is 0 Å². The number of nitrogens with two attached hydrogens (primary N) is 1. The summed E-state index contributed by atoms with van der Waals surface area (Å²) in [6, 6.07) is 13.5. The lowest BCUT2D eigenvalue weighted by Crippen LogP contribution is -2.17. The van der Waals surface area contributed by atoms with Crippen molar-refractivity contribution in [3.63, 3.8) is 0 Å². The second-order valence-corrected chi connectivity index (χ2v) is 8.93. The highest BCUT2D eigenvalue weighted by Gasteiger charge is 2.23. The smallest absolute Gasteiger partial charge is 0.0400 e. The number of nitrogens with one attached hydrogen (secondary N) is 1. The quantitative estimate of drug-likeness (QED) is 0.429. The maximum atomic E-state index is 5.89. The molecule has 1 aliphatic rings. The molecule has 29 heavy (non-hydrogen) atoms. The van der Waals surface area contributed by atoms with Crippen LogP contribution in [-0.2, 0) is 13.0 Å². The molecule has 1 unspecified atom stereocenters. The third kappa shape index (κ3) is 5.65. The summed E-state index contributed by atoms with van der Waals surface area (Å²) in [6.07, 6.45) is 8.82. The molecule has 0 saturated heterocycles. The van der Waals surface area contributed by atoms with Crippen LogP contribution in [0.25, 0.3) is 0 Å². The Morgan fingerprint density at radius 1 is 1.14 bits per heavy atom. The molecule has 0 bridgehead atoms. The molecular weight excluding hydrogens is 352 g/mol. The van der Waals surface area contributed by atoms with Crippen molar-refractivity contribution in [3.05, 3.63) is 76.5 Å². The number of benzene rings is 2. The molecule has 1 aliphatic carbocycles. The normalized spacial score (nSPS) is 15.0. The van der Waals surface area contributed by atoms with Gasteiger partial charge < -0.3 is 11.1 Å². The van der Waals surface area contributed by atoms with E-state index in [-0.39, 0.29) is 0 Å². The maximum absolute atomic E-state index is 5.89. The van der Waals surface area contributed by atoms with E-state index in [9.17, 15) is 0 Å². The standard InChI is InChI=1S/C27H38N2/c1-5-7-21(22-12-14-26(28)15-13-22)10-11-24-17-25(18-29-19(2)3)27(16-20(24)4)23-8-6-9-23/h12-17,21,23,29H,2,5-11,18,28H2,1,3-4H3. The molecule has 1 fully saturated rings. The van der Waals surface area contributed by atoms with Gasteiger partial charge in [0.25, 0.3) is 0 Å². The molecule has 3 rings (SSSR count). The molecule has 0 heterocycles. The first-order valence-corrected chi connectivity index (χ1v) is 11.3. The molecule has 0 amide bonds. The van der Waals surface area contributed by atoms with Crippen LogP contribution in [0.1, 0.15) is 92.0 Å². The number of allylic oxidation sites excluding steroid dienone is 1. The Bertz CT molecular complexity index is 815. The van der Waals surface area contributed by atoms with E-state index in [0.717, 1.165) is 30.3 Å². The third-order valence-electron chi connectivity index (χ3n) is 6.53. The second kappa shape index (κ2) is 10.0. The monoisotopic (exact) mass is 390 g/mol. The summed E-state index contributed by atoms with van der Waals surface area (Å²) in [4.78, 5) is 0. The summed E-state index contributed by atoms with van der Waals surface area (Å²) in [5.74, 6) is 1.36. The second-order valence-electron chi connectivity index (χ2n) is 8.93. The van der Waals surface area contributed by atoms with Crippen molar-refractivity contribution in [1.82, 2.24) is 5.32 Å². The van der Waals surface area contributed by atoms with Crippen LogP contribution in [0.3, 0.4) is 0 Å². The molecule has 2 aromatic rings. The summed E-state index contributed by atoms with van der Waals surface area (Å²) in [6.45, 7) is 11.5. The SMILES string of the molecule is C=C(C)NCc1cc(CCC(CCC)c2ccc(N)cc2)c(C)cc1C1CCC1. The first-order chi connectivity index (χ1) is 14.0. The van der Waals surface area contributed by atoms with Gasteiger partial charge in [0, 0.05) is 17.9 Å². The van der Waals surface area contributed by atoms with Crippen molar-refractivity contribution in [3.8, 4) is 0 Å². The maximum Gasteiger partial charge on any atom is 0.0400 e. The Labute approximate surface area is 177 Å². The molecule has 0 aliphatic heterocycles. The molecule has 2 aromatic carbocycles. The molecule has 3 N–H and O–H groups in total. The van der Waals surface area contributed by atoms with Crippen molar-refractivity contribution < 1.29 is 0 Å². The van der Waals surface area contributed by atoms with E-state index >= 15 is 0 Å². The Balaban J connectivity index is 1.78. The van der Waals surface area contributed by atoms with Gasteiger partial charge in [-0.05, 0) is 97.7 Å². The number of hydrogen-bond donors (Lipinski definition) is 2. The van der Waals surface area contributed by atoms with Crippen LogP contribution >= 0.6 is 0 Å². The van der Waals surface area contributed by atoms with Gasteiger partial charge in [0.2, 0.25) is 0 Å². The number of nitrogen functional groups attached to an aromatic ring is 1. The fourth-order valence-electron chi connectivity index (χ4n) is 4.52. The van der Waals surface area contributed by atoms with Gasteiger partial charge in [-0.3, -0.25) is 0 Å². The third-order valence-corrected chi connectivity index (χ3v) is 6.53. The predicted molar refractivity (Wildman–Crippen MR) is 126 cm³/mol. The Morgan fingerprint density at radius 3 is 2.45 bits per heavy atom. The van der Waals surface area contributed by atoms with Crippen molar-refractivity contribution in [2.45, 2.75) is 84.1 Å². The van der Waals surface area contributed by atoms with Gasteiger partial charge in [-0.1, -0.05) is 50.6 Å². The summed E-state index contributed by atoms with van der Waals surface area (Å²) < 4.78 is 0. The minimum atomic E-state index is 0.600. The first kappa shape index (κ1) is 21.5. The minimum Gasteiger partial charge on any atom is -0.399 e. The van der Waals surface area contributed by atoms with Crippen molar-refractivity contribution in [2.24, 2.45) is 0 Å². The minimum absolute atomic E-state index is 0.600. The average molecular weight is 391 g/mol. The average Bonchev–Trinajstić information content (AvgIpc) is 2.64. The highest BCUT2D eigenvalue weighted by Crippen LogP contribution is 2.39. The molecular formula is C27H38N2. The predicted octanol–water partition coefficient (Wildman–Crippen LogP) is 6.98. The van der Waals surface area contributed by atoms with E-state index in [1.165, 1.54) is 60.8 Å². The molecule has 0 aromatic heterocycles. The Morgan fingerprint density at radius 2 is 1.86 bits per heavy atom. The van der Waals surface area contributed by atoms with E-state index < -0.39 is 0 Å². The van der Waals surface area contributed by atoms with Gasteiger partial charge >= 0.3 is 0 Å². The fourth-order valence-corrected chi connectivity index (χ4v) is 4.52. The zero-order chi connectivity index (χ0) is 20.8. The van der Waals surface area contributed by atoms with Crippen LogP contribution in [0, 0.1) is 6.92 Å². The van der Waals surface area contributed by atoms with Gasteiger partial charge in [-0.15, -0.1) is 0 Å². The van der Waals surface area contributed by atoms with E-state index in [1.54, 1.807) is 5.56 Å². The van der Waals surface area contributed by atoms with Crippen LogP contribution in [0.5, 0.6) is 0 Å². The van der Waals surface area contributed by atoms with Crippen LogP contribution in [0.4, 0.5) is 5.69 Å². The molecule has 1 atom stereocenters. The number of hydrogen-bond acceptors (Lipinski definition) is 2. The van der Waals surface area contributed by atoms with Crippen LogP contribution in [0.2, 0.25) is 0 Å². The largest absolute Gasteiger partial charge is 0.399 e. The summed E-state index contributed by atoms with van der Waals surface area (Å²) in [5, 5.41) is 3.46. The van der Waals surface area contributed by atoms with E-state index in [0.29, 0.717) is 5.92 Å². The molecule has 2 nitrogen and oxygen atoms in total. The zero-order valence-electron chi connectivity index (χ0n) is 18.6. The van der Waals surface area contributed by atoms with Gasteiger partial charge in [-0.2, -0.15) is 0 Å². The van der Waals surface area contributed by atoms with Crippen LogP contribution in [-0.4, -0.2) is 0 Å². The first-order valence-electron chi connectivity index (χ1n) is 11.3. The van der Waals surface area contributed by atoms with Gasteiger partial charge in [0.05, 0.1) is 0 Å². The van der Waals surface area contributed by atoms with Crippen molar-refractivity contribution >= 4 is 5.69 Å². The lowest BCUT2D eigenvalue weighted by molar-refractivity contribution is 0.416. The van der Waals surface area contributed by atoms with E-state index in [2.05, 4.69) is 50.0 Å². The lowest BCUT2D eigenvalue weighted by Gasteiger charge is -2.29. The topological polar surface area (TPSA) is 38.0 Å². The molecule has 2 heteroatoms. The highest BCUT2D eigenvalue weighted by molar-refractivity contribution is 5.42. The number of rotatable bonds is 10. The number of anilines is 1. The highest BCUT2D eigenvalue weighted by atomic mass is 14.9. The fraction of sp³-hybridized carbons (Fsp3) is 0.481. The summed E-state index contributed by atoms with van der Waals surface area (Å²) in [7, 11) is 0. The van der Waals surface area contributed by atoms with Crippen LogP contribution < -0.4 is 11.1 Å². The van der Waals surface area contributed by atoms with Crippen LogP contribution in [0.15, 0.2) is 48.7 Å². The Hall–Kier alpha value is -2.22. The number of aryl methyl sites for hydroxylation is 2. The van der Waals surface area contributed by atoms with Gasteiger partial charge in [-0.25, -0.2) is 0 Å². The van der Waals surface area contributed by atoms with Crippen molar-refractivity contribution in [1.29, 1.82) is 0 Å². The molecule has 156 valence electrons. The molecule has 0 radical (unpaired) electrons. The van der Waals surface area contributed by atoms with E-state index in [1.807, 2.05) is 19.1 Å². The van der Waals surface area contributed by atoms with Gasteiger partial charge in [0.1, 0.15) is 0 Å². The zero-order valence-corrected chi connectivity index (χ0v) is 18.6. The summed E-state index contributed by atoms with van der Waals surface area (Å²) >= 11 is 0. The summed E-state index contributed by atoms with van der Waals surface area (Å²) in [5.41, 5.74) is 15.2. The molecule has 0 spiro atoms. The van der Waals surface area contributed by atoms with E-state index in [4.69, 9.17) is 5.73 Å². The van der Waals surface area contributed by atoms with Crippen molar-refractivity contribution in [2.75, 3.05) is 5.73 Å². The lowest BCUT2D eigenvalue weighted by atomic mass is 9.76.